The normalized spacial score (nSPS) is 16.7. The highest BCUT2D eigenvalue weighted by atomic mass is 35.5. The topological polar surface area (TPSA) is 60.2 Å². The first-order valence-corrected chi connectivity index (χ1v) is 12.5. The van der Waals surface area contributed by atoms with Crippen LogP contribution >= 0.6 is 34.7 Å². The number of benzene rings is 1. The number of nitrogens with zero attached hydrogens (tertiary/aromatic N) is 4. The summed E-state index contributed by atoms with van der Waals surface area (Å²) in [6.07, 6.45) is 5.09. The number of ketones is 1. The maximum absolute atomic E-state index is 12.5. The molecule has 0 fully saturated rings. The standard InChI is InChI=1S/C23H23ClN4OS2/c1-23(2,3)14-6-9-16-18(10-14)31-21-19(16)20-26-22(27-28(20)12-25-21)30-11-17(29)13-4-7-15(24)8-5-13/h4-5,7-8,12,14H,6,9-11H2,1-3H3. The Morgan fingerprint density at radius 3 is 2.81 bits per heavy atom. The third-order valence-electron chi connectivity index (χ3n) is 6.09. The van der Waals surface area contributed by atoms with Crippen LogP contribution in [-0.4, -0.2) is 31.1 Å². The van der Waals surface area contributed by atoms with E-state index >= 15 is 0 Å². The van der Waals surface area contributed by atoms with E-state index in [0.717, 1.165) is 28.7 Å². The second kappa shape index (κ2) is 7.87. The molecule has 0 saturated carbocycles. The molecule has 4 aromatic rings. The van der Waals surface area contributed by atoms with E-state index in [1.54, 1.807) is 46.4 Å². The first kappa shape index (κ1) is 20.9. The van der Waals surface area contributed by atoms with Crippen molar-refractivity contribution in [3.8, 4) is 0 Å². The summed E-state index contributed by atoms with van der Waals surface area (Å²) in [4.78, 5) is 24.4. The molecule has 160 valence electrons. The maximum atomic E-state index is 12.5. The van der Waals surface area contributed by atoms with E-state index in [4.69, 9.17) is 16.6 Å². The molecule has 0 aliphatic heterocycles. The largest absolute Gasteiger partial charge is 0.293 e. The summed E-state index contributed by atoms with van der Waals surface area (Å²) in [5, 5.41) is 6.92. The minimum atomic E-state index is 0.0323. The summed E-state index contributed by atoms with van der Waals surface area (Å²) in [5.74, 6) is 1.00. The number of aromatic nitrogens is 4. The first-order chi connectivity index (χ1) is 14.8. The van der Waals surface area contributed by atoms with Gasteiger partial charge < -0.3 is 0 Å². The highest BCUT2D eigenvalue weighted by Gasteiger charge is 2.31. The van der Waals surface area contributed by atoms with Crippen LogP contribution in [0.4, 0.5) is 0 Å². The number of halogens is 1. The second-order valence-electron chi connectivity index (χ2n) is 9.12. The van der Waals surface area contributed by atoms with Crippen LogP contribution in [-0.2, 0) is 12.8 Å². The van der Waals surface area contributed by atoms with Crippen LogP contribution in [0.15, 0.2) is 35.7 Å². The minimum absolute atomic E-state index is 0.0323. The molecule has 5 nitrogen and oxygen atoms in total. The quantitative estimate of drug-likeness (QED) is 0.265. The maximum Gasteiger partial charge on any atom is 0.209 e. The highest BCUT2D eigenvalue weighted by Crippen LogP contribution is 2.43. The van der Waals surface area contributed by atoms with Crippen LogP contribution in [0.5, 0.6) is 0 Å². The molecule has 0 bridgehead atoms. The monoisotopic (exact) mass is 470 g/mol. The van der Waals surface area contributed by atoms with Gasteiger partial charge in [-0.1, -0.05) is 44.1 Å². The number of carbonyl (C=O) groups is 1. The molecule has 3 aromatic heterocycles. The Morgan fingerprint density at radius 2 is 2.06 bits per heavy atom. The molecule has 8 heteroatoms. The first-order valence-electron chi connectivity index (χ1n) is 10.4. The lowest BCUT2D eigenvalue weighted by Gasteiger charge is -2.33. The fourth-order valence-corrected chi connectivity index (χ4v) is 6.32. The third kappa shape index (κ3) is 3.99. The van der Waals surface area contributed by atoms with E-state index in [1.165, 1.54) is 28.6 Å². The number of hydrogen-bond acceptors (Lipinski definition) is 6. The van der Waals surface area contributed by atoms with Crippen molar-refractivity contribution in [3.05, 3.63) is 51.6 Å². The molecule has 1 aliphatic carbocycles. The van der Waals surface area contributed by atoms with Gasteiger partial charge in [0.05, 0.1) is 11.1 Å². The lowest BCUT2D eigenvalue weighted by Crippen LogP contribution is -2.26. The zero-order valence-electron chi connectivity index (χ0n) is 17.7. The zero-order chi connectivity index (χ0) is 21.8. The molecule has 0 spiro atoms. The van der Waals surface area contributed by atoms with Gasteiger partial charge in [-0.3, -0.25) is 4.79 Å². The number of hydrogen-bond donors (Lipinski definition) is 0. The summed E-state index contributed by atoms with van der Waals surface area (Å²) < 4.78 is 1.75. The van der Waals surface area contributed by atoms with Crippen LogP contribution in [0.2, 0.25) is 5.02 Å². The highest BCUT2D eigenvalue weighted by molar-refractivity contribution is 7.99. The smallest absolute Gasteiger partial charge is 0.209 e. The van der Waals surface area contributed by atoms with Crippen molar-refractivity contribution in [2.24, 2.45) is 11.3 Å². The molecule has 31 heavy (non-hydrogen) atoms. The van der Waals surface area contributed by atoms with Gasteiger partial charge >= 0.3 is 0 Å². The van der Waals surface area contributed by atoms with E-state index in [1.807, 2.05) is 0 Å². The van der Waals surface area contributed by atoms with E-state index in [-0.39, 0.29) is 11.5 Å². The van der Waals surface area contributed by atoms with Gasteiger partial charge in [0.2, 0.25) is 5.16 Å². The summed E-state index contributed by atoms with van der Waals surface area (Å²) in [7, 11) is 0. The number of carbonyl (C=O) groups excluding carboxylic acids is 1. The molecule has 1 atom stereocenters. The lowest BCUT2D eigenvalue weighted by molar-refractivity contribution is 0.102. The molecular weight excluding hydrogens is 448 g/mol. The molecule has 5 rings (SSSR count). The van der Waals surface area contributed by atoms with Crippen molar-refractivity contribution in [3.63, 3.8) is 0 Å². The van der Waals surface area contributed by atoms with Crippen LogP contribution in [0.1, 0.15) is 48.0 Å². The number of thioether (sulfide) groups is 1. The molecule has 1 unspecified atom stereocenters. The van der Waals surface area contributed by atoms with Gasteiger partial charge in [0.1, 0.15) is 11.2 Å². The second-order valence-corrected chi connectivity index (χ2v) is 11.6. The molecular formula is C23H23ClN4OS2. The molecule has 0 radical (unpaired) electrons. The molecule has 3 heterocycles. The number of aryl methyl sites for hydroxylation is 1. The van der Waals surface area contributed by atoms with E-state index < -0.39 is 0 Å². The molecule has 0 amide bonds. The Morgan fingerprint density at radius 1 is 1.29 bits per heavy atom. The molecule has 0 N–H and O–H groups in total. The van der Waals surface area contributed by atoms with Gasteiger partial charge in [-0.15, -0.1) is 16.4 Å². The molecule has 1 aliphatic rings. The SMILES string of the molecule is CC(C)(C)C1CCc2c(sc3ncn4nc(SCC(=O)c5ccc(Cl)cc5)nc4c23)C1. The lowest BCUT2D eigenvalue weighted by atomic mass is 9.72. The van der Waals surface area contributed by atoms with Crippen LogP contribution < -0.4 is 0 Å². The van der Waals surface area contributed by atoms with E-state index in [0.29, 0.717) is 27.1 Å². The summed E-state index contributed by atoms with van der Waals surface area (Å²) in [6.45, 7) is 7.00. The van der Waals surface area contributed by atoms with Crippen molar-refractivity contribution in [1.82, 2.24) is 19.6 Å². The van der Waals surface area contributed by atoms with Gasteiger partial charge in [-0.25, -0.2) is 14.5 Å². The number of rotatable bonds is 4. The van der Waals surface area contributed by atoms with Crippen molar-refractivity contribution >= 4 is 56.3 Å². The van der Waals surface area contributed by atoms with Gasteiger partial charge in [0, 0.05) is 15.5 Å². The Bertz CT molecular complexity index is 1290. The Balaban J connectivity index is 1.42. The van der Waals surface area contributed by atoms with Gasteiger partial charge in [-0.2, -0.15) is 0 Å². The Kier molecular flexibility index (Phi) is 5.31. The predicted octanol–water partition coefficient (Wildman–Crippen LogP) is 6.12. The summed E-state index contributed by atoms with van der Waals surface area (Å²) >= 11 is 9.06. The van der Waals surface area contributed by atoms with Crippen LogP contribution in [0, 0.1) is 11.3 Å². The summed E-state index contributed by atoms with van der Waals surface area (Å²) in [6, 6.07) is 6.96. The van der Waals surface area contributed by atoms with Crippen molar-refractivity contribution < 1.29 is 4.79 Å². The van der Waals surface area contributed by atoms with E-state index in [9.17, 15) is 4.79 Å². The molecule has 0 saturated heterocycles. The van der Waals surface area contributed by atoms with Crippen molar-refractivity contribution in [2.75, 3.05) is 5.75 Å². The Hall–Kier alpha value is -1.96. The number of Topliss-reactive ketones (excluding diaryl/α,β-unsaturated/α-hetero) is 1. The van der Waals surface area contributed by atoms with Gasteiger partial charge in [0.25, 0.3) is 0 Å². The average molecular weight is 471 g/mol. The average Bonchev–Trinajstić information content (AvgIpc) is 3.31. The third-order valence-corrected chi connectivity index (χ3v) is 8.34. The van der Waals surface area contributed by atoms with Crippen LogP contribution in [0.25, 0.3) is 15.9 Å². The van der Waals surface area contributed by atoms with E-state index in [2.05, 4.69) is 30.9 Å². The van der Waals surface area contributed by atoms with Crippen molar-refractivity contribution in [1.29, 1.82) is 0 Å². The zero-order valence-corrected chi connectivity index (χ0v) is 20.1. The number of thiophene rings is 1. The van der Waals surface area contributed by atoms with Gasteiger partial charge in [0.15, 0.2) is 11.4 Å². The van der Waals surface area contributed by atoms with Gasteiger partial charge in [-0.05, 0) is 60.4 Å². The predicted molar refractivity (Wildman–Crippen MR) is 128 cm³/mol. The summed E-state index contributed by atoms with van der Waals surface area (Å²) in [5.41, 5.74) is 3.19. The fourth-order valence-electron chi connectivity index (χ4n) is 4.20. The molecule has 1 aromatic carbocycles. The minimum Gasteiger partial charge on any atom is -0.293 e. The fraction of sp³-hybridized carbons (Fsp3) is 0.391. The van der Waals surface area contributed by atoms with Crippen LogP contribution in [0.3, 0.4) is 0 Å². The number of fused-ring (bicyclic) bond motifs is 5. The van der Waals surface area contributed by atoms with Crippen molar-refractivity contribution in [2.45, 2.75) is 45.2 Å². The Labute approximate surface area is 194 Å².